The molecule has 0 radical (unpaired) electrons. The number of nitrogens with zero attached hydrogens (tertiary/aromatic N) is 1. The first-order valence-corrected chi connectivity index (χ1v) is 5.73. The second kappa shape index (κ2) is 5.52. The Kier molecular flexibility index (Phi) is 4.63. The fraction of sp³-hybridized carbons (Fsp3) is 0.833. The summed E-state index contributed by atoms with van der Waals surface area (Å²) >= 11 is 0. The monoisotopic (exact) mass is 196 g/mol. The van der Waals surface area contributed by atoms with E-state index in [1.165, 1.54) is 18.5 Å². The number of nitrogens with two attached hydrogens (primary N) is 1. The molecule has 1 rings (SSSR count). The van der Waals surface area contributed by atoms with Gasteiger partial charge in [0.1, 0.15) is 0 Å². The molecule has 2 N–H and O–H groups in total. The third kappa shape index (κ3) is 3.81. The maximum atomic E-state index is 6.03. The van der Waals surface area contributed by atoms with Gasteiger partial charge in [0.25, 0.3) is 0 Å². The Bertz CT molecular complexity index is 196. The van der Waals surface area contributed by atoms with Crippen LogP contribution in [0.3, 0.4) is 0 Å². The van der Waals surface area contributed by atoms with Crippen molar-refractivity contribution in [2.24, 2.45) is 11.7 Å². The first-order chi connectivity index (χ1) is 6.59. The van der Waals surface area contributed by atoms with Crippen LogP contribution in [0.2, 0.25) is 0 Å². The molecule has 82 valence electrons. The smallest absolute Gasteiger partial charge is 0.0190 e. The van der Waals surface area contributed by atoms with Crippen molar-refractivity contribution in [1.82, 2.24) is 4.90 Å². The molecule has 0 saturated carbocycles. The molecule has 1 atom stereocenters. The Morgan fingerprint density at radius 2 is 2.21 bits per heavy atom. The van der Waals surface area contributed by atoms with Crippen molar-refractivity contribution >= 4 is 0 Å². The summed E-state index contributed by atoms with van der Waals surface area (Å²) in [5.41, 5.74) is 7.54. The summed E-state index contributed by atoms with van der Waals surface area (Å²) in [6, 6.07) is 0.362. The molecule has 0 aliphatic carbocycles. The highest BCUT2D eigenvalue weighted by Gasteiger charge is 2.12. The normalized spacial score (nSPS) is 21.1. The van der Waals surface area contributed by atoms with E-state index in [9.17, 15) is 0 Å². The quantitative estimate of drug-likeness (QED) is 0.697. The summed E-state index contributed by atoms with van der Waals surface area (Å²) in [5, 5.41) is 0. The Morgan fingerprint density at radius 3 is 2.79 bits per heavy atom. The van der Waals surface area contributed by atoms with E-state index in [0.29, 0.717) is 12.0 Å². The molecule has 0 saturated heterocycles. The lowest BCUT2D eigenvalue weighted by molar-refractivity contribution is 0.268. The standard InChI is InChI=1S/C12H24N2/c1-10(2)12(13)6-8-14-7-4-5-11(3)9-14/h5,10,12H,4,6-9,13H2,1-3H3. The molecule has 1 aliphatic rings. The largest absolute Gasteiger partial charge is 0.327 e. The molecule has 1 aliphatic heterocycles. The molecule has 2 heteroatoms. The molecule has 0 aromatic carbocycles. The lowest BCUT2D eigenvalue weighted by atomic mass is 10.0. The predicted molar refractivity (Wildman–Crippen MR) is 62.2 cm³/mol. The average Bonchev–Trinajstić information content (AvgIpc) is 2.14. The van der Waals surface area contributed by atoms with E-state index in [4.69, 9.17) is 5.73 Å². The van der Waals surface area contributed by atoms with Gasteiger partial charge in [-0.15, -0.1) is 0 Å². The fourth-order valence-corrected chi connectivity index (χ4v) is 1.85. The van der Waals surface area contributed by atoms with Crippen LogP contribution in [0.15, 0.2) is 11.6 Å². The topological polar surface area (TPSA) is 29.3 Å². The van der Waals surface area contributed by atoms with Crippen molar-refractivity contribution in [3.05, 3.63) is 11.6 Å². The summed E-state index contributed by atoms with van der Waals surface area (Å²) in [7, 11) is 0. The lowest BCUT2D eigenvalue weighted by Gasteiger charge is -2.27. The van der Waals surface area contributed by atoms with Gasteiger partial charge in [-0.3, -0.25) is 4.90 Å². The van der Waals surface area contributed by atoms with E-state index in [1.54, 1.807) is 0 Å². The van der Waals surface area contributed by atoms with Crippen molar-refractivity contribution in [2.45, 2.75) is 39.7 Å². The van der Waals surface area contributed by atoms with Crippen molar-refractivity contribution in [2.75, 3.05) is 19.6 Å². The molecule has 0 amide bonds. The van der Waals surface area contributed by atoms with Crippen LogP contribution in [0, 0.1) is 5.92 Å². The Balaban J connectivity index is 2.22. The molecule has 0 spiro atoms. The van der Waals surface area contributed by atoms with Gasteiger partial charge >= 0.3 is 0 Å². The molecule has 0 aromatic rings. The van der Waals surface area contributed by atoms with E-state index in [2.05, 4.69) is 31.7 Å². The van der Waals surface area contributed by atoms with E-state index in [-0.39, 0.29) is 0 Å². The van der Waals surface area contributed by atoms with Gasteiger partial charge in [-0.1, -0.05) is 25.5 Å². The van der Waals surface area contributed by atoms with Gasteiger partial charge in [-0.25, -0.2) is 0 Å². The van der Waals surface area contributed by atoms with Crippen LogP contribution in [0.1, 0.15) is 33.6 Å². The highest BCUT2D eigenvalue weighted by atomic mass is 15.1. The van der Waals surface area contributed by atoms with Gasteiger partial charge in [0.15, 0.2) is 0 Å². The molecule has 0 bridgehead atoms. The fourth-order valence-electron chi connectivity index (χ4n) is 1.85. The number of rotatable bonds is 4. The highest BCUT2D eigenvalue weighted by molar-refractivity contribution is 5.04. The highest BCUT2D eigenvalue weighted by Crippen LogP contribution is 2.11. The van der Waals surface area contributed by atoms with E-state index in [0.717, 1.165) is 19.5 Å². The molecule has 0 aromatic heterocycles. The van der Waals surface area contributed by atoms with Gasteiger partial charge in [0.05, 0.1) is 0 Å². The molecule has 14 heavy (non-hydrogen) atoms. The predicted octanol–water partition coefficient (Wildman–Crippen LogP) is 2.01. The minimum atomic E-state index is 0.362. The van der Waals surface area contributed by atoms with E-state index in [1.807, 2.05) is 0 Å². The lowest BCUT2D eigenvalue weighted by Crippen LogP contribution is -2.35. The molecule has 2 nitrogen and oxygen atoms in total. The number of hydrogen-bond acceptors (Lipinski definition) is 2. The van der Waals surface area contributed by atoms with Crippen LogP contribution in [-0.2, 0) is 0 Å². The minimum absolute atomic E-state index is 0.362. The van der Waals surface area contributed by atoms with Crippen molar-refractivity contribution in [3.63, 3.8) is 0 Å². The van der Waals surface area contributed by atoms with Gasteiger partial charge in [0, 0.05) is 19.1 Å². The summed E-state index contributed by atoms with van der Waals surface area (Å²) < 4.78 is 0. The summed E-state index contributed by atoms with van der Waals surface area (Å²) in [6.07, 6.45) is 4.69. The third-order valence-electron chi connectivity index (χ3n) is 3.05. The maximum Gasteiger partial charge on any atom is 0.0190 e. The van der Waals surface area contributed by atoms with Gasteiger partial charge in [-0.2, -0.15) is 0 Å². The summed E-state index contributed by atoms with van der Waals surface area (Å²) in [4.78, 5) is 2.51. The number of hydrogen-bond donors (Lipinski definition) is 1. The Labute approximate surface area is 88.2 Å². The molecular weight excluding hydrogens is 172 g/mol. The summed E-state index contributed by atoms with van der Waals surface area (Å²) in [5.74, 6) is 0.608. The van der Waals surface area contributed by atoms with Crippen LogP contribution in [-0.4, -0.2) is 30.6 Å². The minimum Gasteiger partial charge on any atom is -0.327 e. The van der Waals surface area contributed by atoms with Crippen molar-refractivity contribution in [3.8, 4) is 0 Å². The summed E-state index contributed by atoms with van der Waals surface area (Å²) in [6.45, 7) is 10.1. The first kappa shape index (κ1) is 11.7. The van der Waals surface area contributed by atoms with Gasteiger partial charge < -0.3 is 5.73 Å². The molecular formula is C12H24N2. The van der Waals surface area contributed by atoms with E-state index >= 15 is 0 Å². The Hall–Kier alpha value is -0.340. The van der Waals surface area contributed by atoms with Crippen LogP contribution in [0.5, 0.6) is 0 Å². The van der Waals surface area contributed by atoms with E-state index < -0.39 is 0 Å². The second-order valence-corrected chi connectivity index (χ2v) is 4.81. The van der Waals surface area contributed by atoms with Gasteiger partial charge in [0.2, 0.25) is 0 Å². The molecule has 1 unspecified atom stereocenters. The van der Waals surface area contributed by atoms with Crippen molar-refractivity contribution in [1.29, 1.82) is 0 Å². The third-order valence-corrected chi connectivity index (χ3v) is 3.05. The second-order valence-electron chi connectivity index (χ2n) is 4.81. The first-order valence-electron chi connectivity index (χ1n) is 5.73. The zero-order valence-electron chi connectivity index (χ0n) is 9.79. The van der Waals surface area contributed by atoms with Gasteiger partial charge in [-0.05, 0) is 32.2 Å². The molecule has 1 heterocycles. The van der Waals surface area contributed by atoms with Crippen LogP contribution < -0.4 is 5.73 Å². The van der Waals surface area contributed by atoms with Crippen molar-refractivity contribution < 1.29 is 0 Å². The SMILES string of the molecule is CC1=CCCN(CCC(N)C(C)C)C1. The van der Waals surface area contributed by atoms with Crippen LogP contribution >= 0.6 is 0 Å². The maximum absolute atomic E-state index is 6.03. The zero-order valence-corrected chi connectivity index (χ0v) is 9.79. The Morgan fingerprint density at radius 1 is 1.50 bits per heavy atom. The zero-order chi connectivity index (χ0) is 10.6. The van der Waals surface area contributed by atoms with Crippen LogP contribution in [0.4, 0.5) is 0 Å². The van der Waals surface area contributed by atoms with Crippen LogP contribution in [0.25, 0.3) is 0 Å². The molecule has 0 fully saturated rings. The average molecular weight is 196 g/mol.